The third-order valence-electron chi connectivity index (χ3n) is 3.07. The Morgan fingerprint density at radius 2 is 1.75 bits per heavy atom. The predicted molar refractivity (Wildman–Crippen MR) is 70.8 cm³/mol. The Labute approximate surface area is 116 Å². The van der Waals surface area contributed by atoms with Crippen LogP contribution in [0.15, 0.2) is 34.5 Å². The molecular weight excluding hydrogens is 260 g/mol. The lowest BCUT2D eigenvalue weighted by Crippen LogP contribution is -2.11. The second-order valence-corrected chi connectivity index (χ2v) is 4.62. The Bertz CT molecular complexity index is 522. The van der Waals surface area contributed by atoms with Gasteiger partial charge in [-0.1, -0.05) is 28.4 Å². The van der Waals surface area contributed by atoms with Crippen molar-refractivity contribution in [1.82, 2.24) is 0 Å². The van der Waals surface area contributed by atoms with Crippen LogP contribution in [0, 0.1) is 6.92 Å². The monoisotopic (exact) mass is 276 g/mol. The molecule has 2 rings (SSSR count). The summed E-state index contributed by atoms with van der Waals surface area (Å²) >= 11 is 0. The Balaban J connectivity index is 1.82. The van der Waals surface area contributed by atoms with Crippen molar-refractivity contribution in [3.05, 3.63) is 29.8 Å². The summed E-state index contributed by atoms with van der Waals surface area (Å²) < 4.78 is 9.99. The molecule has 1 aliphatic carbocycles. The van der Waals surface area contributed by atoms with Crippen LogP contribution in [0.3, 0.4) is 0 Å². The smallest absolute Gasteiger partial charge is 0.444 e. The molecule has 1 saturated carbocycles. The zero-order valence-corrected chi connectivity index (χ0v) is 11.2. The van der Waals surface area contributed by atoms with Gasteiger partial charge in [-0.25, -0.2) is 9.59 Å². The lowest BCUT2D eigenvalue weighted by Gasteiger charge is -2.07. The van der Waals surface area contributed by atoms with Crippen LogP contribution in [0.2, 0.25) is 0 Å². The molecule has 0 aliphatic heterocycles. The van der Waals surface area contributed by atoms with Crippen molar-refractivity contribution < 1.29 is 19.1 Å². The number of aryl methyl sites for hydroxylation is 1. The fourth-order valence-corrected chi connectivity index (χ4v) is 2.04. The molecule has 0 unspecified atom stereocenters. The maximum absolute atomic E-state index is 11.4. The third kappa shape index (κ3) is 4.15. The Kier molecular flexibility index (Phi) is 4.81. The minimum Gasteiger partial charge on any atom is -0.444 e. The molecule has 0 heterocycles. The molecular formula is C14H16N2O4. The van der Waals surface area contributed by atoms with Crippen LogP contribution in [0.1, 0.15) is 31.2 Å². The first-order chi connectivity index (χ1) is 9.65. The number of para-hydroxylation sites is 1. The summed E-state index contributed by atoms with van der Waals surface area (Å²) in [6.07, 6.45) is 1.88. The van der Waals surface area contributed by atoms with Gasteiger partial charge in [-0.3, -0.25) is 0 Å². The molecule has 1 fully saturated rings. The van der Waals surface area contributed by atoms with E-state index in [1.165, 1.54) is 0 Å². The van der Waals surface area contributed by atoms with Crippen LogP contribution < -0.4 is 4.74 Å². The number of nitrogens with zero attached hydrogens (tertiary/aromatic N) is 2. The van der Waals surface area contributed by atoms with Crippen molar-refractivity contribution in [3.8, 4) is 5.75 Å². The Morgan fingerprint density at radius 1 is 1.10 bits per heavy atom. The van der Waals surface area contributed by atoms with Gasteiger partial charge in [-0.05, 0) is 44.2 Å². The molecule has 1 aromatic rings. The molecule has 0 N–H and O–H groups in total. The number of hydrogen-bond acceptors (Lipinski definition) is 4. The number of azo groups is 1. The Hall–Kier alpha value is -2.24. The SMILES string of the molecule is Cc1ccccc1OC(=O)/N=N/C(=O)OC1CCCC1. The summed E-state index contributed by atoms with van der Waals surface area (Å²) in [5.41, 5.74) is 0.796. The van der Waals surface area contributed by atoms with E-state index in [-0.39, 0.29) is 6.10 Å². The van der Waals surface area contributed by atoms with Crippen LogP contribution >= 0.6 is 0 Å². The van der Waals surface area contributed by atoms with E-state index >= 15 is 0 Å². The summed E-state index contributed by atoms with van der Waals surface area (Å²) in [6, 6.07) is 7.00. The number of carbonyl (C=O) groups is 2. The van der Waals surface area contributed by atoms with Crippen molar-refractivity contribution >= 4 is 12.2 Å². The van der Waals surface area contributed by atoms with Gasteiger partial charge in [0.15, 0.2) is 0 Å². The molecule has 6 nitrogen and oxygen atoms in total. The van der Waals surface area contributed by atoms with Gasteiger partial charge in [0.2, 0.25) is 0 Å². The summed E-state index contributed by atoms with van der Waals surface area (Å²) in [4.78, 5) is 22.7. The molecule has 0 atom stereocenters. The van der Waals surface area contributed by atoms with Gasteiger partial charge < -0.3 is 9.47 Å². The van der Waals surface area contributed by atoms with Crippen molar-refractivity contribution in [2.24, 2.45) is 10.2 Å². The molecule has 2 amide bonds. The van der Waals surface area contributed by atoms with E-state index in [4.69, 9.17) is 9.47 Å². The second kappa shape index (κ2) is 6.79. The van der Waals surface area contributed by atoms with E-state index in [1.807, 2.05) is 6.07 Å². The summed E-state index contributed by atoms with van der Waals surface area (Å²) in [7, 11) is 0. The molecule has 1 aromatic carbocycles. The topological polar surface area (TPSA) is 77.3 Å². The van der Waals surface area contributed by atoms with Crippen LogP contribution in [0.4, 0.5) is 9.59 Å². The number of rotatable bonds is 2. The highest BCUT2D eigenvalue weighted by Gasteiger charge is 2.19. The van der Waals surface area contributed by atoms with E-state index in [1.54, 1.807) is 25.1 Å². The fourth-order valence-electron chi connectivity index (χ4n) is 2.04. The number of ether oxygens (including phenoxy) is 2. The molecule has 106 valence electrons. The maximum Gasteiger partial charge on any atom is 0.458 e. The van der Waals surface area contributed by atoms with Gasteiger partial charge in [-0.15, -0.1) is 0 Å². The lowest BCUT2D eigenvalue weighted by atomic mass is 10.2. The molecule has 0 spiro atoms. The molecule has 0 saturated heterocycles. The minimum atomic E-state index is -0.942. The first-order valence-electron chi connectivity index (χ1n) is 6.55. The average molecular weight is 276 g/mol. The lowest BCUT2D eigenvalue weighted by molar-refractivity contribution is 0.108. The molecule has 6 heteroatoms. The zero-order chi connectivity index (χ0) is 14.4. The molecule has 0 radical (unpaired) electrons. The van der Waals surface area contributed by atoms with Crippen molar-refractivity contribution in [2.75, 3.05) is 0 Å². The zero-order valence-electron chi connectivity index (χ0n) is 11.2. The number of benzene rings is 1. The van der Waals surface area contributed by atoms with Crippen LogP contribution in [0.25, 0.3) is 0 Å². The van der Waals surface area contributed by atoms with Gasteiger partial charge in [0, 0.05) is 0 Å². The van der Waals surface area contributed by atoms with Gasteiger partial charge in [0.1, 0.15) is 11.9 Å². The first-order valence-corrected chi connectivity index (χ1v) is 6.55. The second-order valence-electron chi connectivity index (χ2n) is 4.62. The third-order valence-corrected chi connectivity index (χ3v) is 3.07. The van der Waals surface area contributed by atoms with Gasteiger partial charge in [-0.2, -0.15) is 0 Å². The molecule has 0 bridgehead atoms. The Morgan fingerprint density at radius 3 is 2.45 bits per heavy atom. The molecule has 1 aliphatic rings. The highest BCUT2D eigenvalue weighted by molar-refractivity contribution is 5.75. The van der Waals surface area contributed by atoms with Gasteiger partial charge in [0.25, 0.3) is 0 Å². The normalized spacial score (nSPS) is 15.4. The van der Waals surface area contributed by atoms with Crippen LogP contribution in [-0.4, -0.2) is 18.3 Å². The minimum absolute atomic E-state index is 0.103. The molecule has 20 heavy (non-hydrogen) atoms. The number of carbonyl (C=O) groups excluding carboxylic acids is 2. The van der Waals surface area contributed by atoms with Gasteiger partial charge in [0.05, 0.1) is 0 Å². The largest absolute Gasteiger partial charge is 0.458 e. The van der Waals surface area contributed by atoms with E-state index in [0.717, 1.165) is 31.2 Å². The van der Waals surface area contributed by atoms with E-state index in [9.17, 15) is 9.59 Å². The quantitative estimate of drug-likeness (QED) is 0.764. The standard InChI is InChI=1S/C14H16N2O4/c1-10-6-2-5-9-12(10)20-14(18)16-15-13(17)19-11-7-3-4-8-11/h2,5-6,9,11H,3-4,7-8H2,1H3/b16-15+. The van der Waals surface area contributed by atoms with Crippen molar-refractivity contribution in [3.63, 3.8) is 0 Å². The first kappa shape index (κ1) is 14.2. The van der Waals surface area contributed by atoms with Crippen molar-refractivity contribution in [1.29, 1.82) is 0 Å². The molecule has 0 aromatic heterocycles. The predicted octanol–water partition coefficient (Wildman–Crippen LogP) is 4.03. The van der Waals surface area contributed by atoms with Gasteiger partial charge >= 0.3 is 12.2 Å². The van der Waals surface area contributed by atoms with E-state index in [0.29, 0.717) is 5.75 Å². The summed E-state index contributed by atoms with van der Waals surface area (Å²) in [5, 5.41) is 6.39. The highest BCUT2D eigenvalue weighted by atomic mass is 16.6. The van der Waals surface area contributed by atoms with E-state index < -0.39 is 12.2 Å². The average Bonchev–Trinajstić information content (AvgIpc) is 2.92. The van der Waals surface area contributed by atoms with Crippen LogP contribution in [0.5, 0.6) is 5.75 Å². The van der Waals surface area contributed by atoms with Crippen molar-refractivity contribution in [2.45, 2.75) is 38.7 Å². The summed E-state index contributed by atoms with van der Waals surface area (Å²) in [6.45, 7) is 1.80. The number of hydrogen-bond donors (Lipinski definition) is 0. The fraction of sp³-hybridized carbons (Fsp3) is 0.429. The maximum atomic E-state index is 11.4. The summed E-state index contributed by atoms with van der Waals surface area (Å²) in [5.74, 6) is 0.389. The van der Waals surface area contributed by atoms with E-state index in [2.05, 4.69) is 10.2 Å². The highest BCUT2D eigenvalue weighted by Crippen LogP contribution is 2.21. The van der Waals surface area contributed by atoms with Crippen LogP contribution in [-0.2, 0) is 4.74 Å². The number of amides is 2.